The Morgan fingerprint density at radius 3 is 2.54 bits per heavy atom. The zero-order valence-electron chi connectivity index (χ0n) is 13.6. The predicted octanol–water partition coefficient (Wildman–Crippen LogP) is 2.17. The van der Waals surface area contributed by atoms with E-state index < -0.39 is 0 Å². The monoisotopic (exact) mass is 389 g/mol. The number of amides is 1. The first kappa shape index (κ1) is 16.7. The van der Waals surface area contributed by atoms with Gasteiger partial charge in [0.15, 0.2) is 0 Å². The van der Waals surface area contributed by atoms with Crippen molar-refractivity contribution >= 4 is 33.5 Å². The van der Waals surface area contributed by atoms with Gasteiger partial charge >= 0.3 is 0 Å². The fourth-order valence-electron chi connectivity index (χ4n) is 2.73. The van der Waals surface area contributed by atoms with E-state index in [1.807, 2.05) is 42.3 Å². The van der Waals surface area contributed by atoms with Crippen LogP contribution >= 0.6 is 15.9 Å². The molecule has 7 heteroatoms. The second kappa shape index (κ2) is 7.61. The van der Waals surface area contributed by atoms with Crippen molar-refractivity contribution in [3.05, 3.63) is 46.7 Å². The predicted molar refractivity (Wildman–Crippen MR) is 98.2 cm³/mol. The Morgan fingerprint density at radius 1 is 1.17 bits per heavy atom. The Morgan fingerprint density at radius 2 is 1.88 bits per heavy atom. The van der Waals surface area contributed by atoms with Crippen molar-refractivity contribution in [1.82, 2.24) is 14.9 Å². The molecule has 3 rings (SSSR count). The van der Waals surface area contributed by atoms with E-state index in [-0.39, 0.29) is 5.91 Å². The van der Waals surface area contributed by atoms with E-state index in [2.05, 4.69) is 36.1 Å². The first-order valence-corrected chi connectivity index (χ1v) is 8.72. The molecule has 24 heavy (non-hydrogen) atoms. The third-order valence-corrected chi connectivity index (χ3v) is 4.66. The summed E-state index contributed by atoms with van der Waals surface area (Å²) in [6, 6.07) is 9.83. The quantitative estimate of drug-likeness (QED) is 0.867. The van der Waals surface area contributed by atoms with E-state index in [0.717, 1.165) is 34.8 Å². The lowest BCUT2D eigenvalue weighted by atomic mass is 10.1. The zero-order chi connectivity index (χ0) is 16.9. The molecule has 0 aliphatic carbocycles. The van der Waals surface area contributed by atoms with Crippen LogP contribution in [0.25, 0.3) is 0 Å². The van der Waals surface area contributed by atoms with Crippen LogP contribution in [0.2, 0.25) is 0 Å². The third-order valence-electron chi connectivity index (χ3n) is 4.13. The van der Waals surface area contributed by atoms with E-state index in [0.29, 0.717) is 19.5 Å². The minimum Gasteiger partial charge on any atom is -0.373 e. The maximum Gasteiger partial charge on any atom is 0.227 e. The number of nitrogens with one attached hydrogen (secondary N) is 1. The Bertz CT molecular complexity index is 698. The molecule has 0 spiro atoms. The average Bonchev–Trinajstić information content (AvgIpc) is 2.64. The highest BCUT2D eigenvalue weighted by Gasteiger charge is 2.22. The molecule has 0 atom stereocenters. The van der Waals surface area contributed by atoms with Crippen LogP contribution in [-0.2, 0) is 11.2 Å². The van der Waals surface area contributed by atoms with Crippen LogP contribution in [-0.4, -0.2) is 54.0 Å². The summed E-state index contributed by atoms with van der Waals surface area (Å²) in [7, 11) is 1.84. The fraction of sp³-hybridized carbons (Fsp3) is 0.353. The lowest BCUT2D eigenvalue weighted by Crippen LogP contribution is -2.49. The number of anilines is 2. The van der Waals surface area contributed by atoms with Crippen molar-refractivity contribution in [2.45, 2.75) is 6.42 Å². The molecule has 1 N–H and O–H groups in total. The van der Waals surface area contributed by atoms with Crippen molar-refractivity contribution in [2.75, 3.05) is 43.4 Å². The Kier molecular flexibility index (Phi) is 5.30. The summed E-state index contributed by atoms with van der Waals surface area (Å²) in [6.45, 7) is 3.00. The number of hydrogen-bond donors (Lipinski definition) is 1. The Labute approximate surface area is 150 Å². The van der Waals surface area contributed by atoms with Gasteiger partial charge in [-0.05, 0) is 17.7 Å². The Hall–Kier alpha value is -2.15. The van der Waals surface area contributed by atoms with Gasteiger partial charge < -0.3 is 15.1 Å². The normalized spacial score (nSPS) is 14.6. The minimum atomic E-state index is 0.176. The molecule has 0 saturated carbocycles. The molecule has 126 valence electrons. The highest BCUT2D eigenvalue weighted by molar-refractivity contribution is 9.10. The van der Waals surface area contributed by atoms with Gasteiger partial charge in [-0.15, -0.1) is 0 Å². The first-order chi connectivity index (χ1) is 11.7. The molecule has 1 aliphatic heterocycles. The summed E-state index contributed by atoms with van der Waals surface area (Å²) < 4.78 is 1.03. The number of carbonyl (C=O) groups is 1. The first-order valence-electron chi connectivity index (χ1n) is 7.92. The number of hydrogen-bond acceptors (Lipinski definition) is 5. The summed E-state index contributed by atoms with van der Waals surface area (Å²) in [5, 5.41) is 3.02. The molecule has 0 bridgehead atoms. The van der Waals surface area contributed by atoms with Crippen molar-refractivity contribution in [3.8, 4) is 0 Å². The largest absolute Gasteiger partial charge is 0.373 e. The van der Waals surface area contributed by atoms with Gasteiger partial charge in [0.25, 0.3) is 0 Å². The molecular weight excluding hydrogens is 370 g/mol. The van der Waals surface area contributed by atoms with Crippen LogP contribution in [0.3, 0.4) is 0 Å². The molecule has 1 fully saturated rings. The maximum atomic E-state index is 12.5. The van der Waals surface area contributed by atoms with Crippen LogP contribution in [0.4, 0.5) is 11.6 Å². The van der Waals surface area contributed by atoms with Crippen LogP contribution in [0.1, 0.15) is 5.56 Å². The maximum absolute atomic E-state index is 12.5. The summed E-state index contributed by atoms with van der Waals surface area (Å²) >= 11 is 3.41. The van der Waals surface area contributed by atoms with Crippen molar-refractivity contribution < 1.29 is 4.79 Å². The van der Waals surface area contributed by atoms with Crippen molar-refractivity contribution in [1.29, 1.82) is 0 Å². The molecule has 1 amide bonds. The zero-order valence-corrected chi connectivity index (χ0v) is 15.2. The summed E-state index contributed by atoms with van der Waals surface area (Å²) in [6.07, 6.45) is 2.01. The van der Waals surface area contributed by atoms with Gasteiger partial charge in [0.05, 0.1) is 6.42 Å². The number of piperazine rings is 1. The smallest absolute Gasteiger partial charge is 0.227 e. The summed E-state index contributed by atoms with van der Waals surface area (Å²) in [5.74, 6) is 1.87. The van der Waals surface area contributed by atoms with Gasteiger partial charge in [0, 0.05) is 43.8 Å². The second-order valence-corrected chi connectivity index (χ2v) is 6.60. The fourth-order valence-corrected chi connectivity index (χ4v) is 2.99. The van der Waals surface area contributed by atoms with Gasteiger partial charge in [0.2, 0.25) is 5.91 Å². The van der Waals surface area contributed by atoms with Crippen LogP contribution in [0.5, 0.6) is 0 Å². The Balaban J connectivity index is 1.56. The lowest BCUT2D eigenvalue weighted by Gasteiger charge is -2.35. The number of halogens is 1. The number of aromatic nitrogens is 2. The van der Waals surface area contributed by atoms with Gasteiger partial charge in [-0.2, -0.15) is 0 Å². The van der Waals surface area contributed by atoms with Crippen molar-refractivity contribution in [2.24, 2.45) is 0 Å². The van der Waals surface area contributed by atoms with Gasteiger partial charge in [-0.1, -0.05) is 28.1 Å². The number of rotatable bonds is 4. The number of carbonyl (C=O) groups excluding carboxylic acids is 1. The molecule has 6 nitrogen and oxygen atoms in total. The standard InChI is InChI=1S/C17H20BrN5O/c1-19-15-11-16(21-12-20-15)22-6-8-23(9-7-22)17(24)10-13-2-4-14(18)5-3-13/h2-5,11-12H,6-10H2,1H3,(H,19,20,21). The number of benzene rings is 1. The summed E-state index contributed by atoms with van der Waals surface area (Å²) in [4.78, 5) is 25.0. The SMILES string of the molecule is CNc1cc(N2CCN(C(=O)Cc3ccc(Br)cc3)CC2)ncn1. The highest BCUT2D eigenvalue weighted by Crippen LogP contribution is 2.17. The highest BCUT2D eigenvalue weighted by atomic mass is 79.9. The van der Waals surface area contributed by atoms with Gasteiger partial charge in [0.1, 0.15) is 18.0 Å². The van der Waals surface area contributed by atoms with E-state index in [9.17, 15) is 4.79 Å². The van der Waals surface area contributed by atoms with E-state index in [4.69, 9.17) is 0 Å². The van der Waals surface area contributed by atoms with Gasteiger partial charge in [-0.25, -0.2) is 9.97 Å². The van der Waals surface area contributed by atoms with E-state index in [1.54, 1.807) is 6.33 Å². The van der Waals surface area contributed by atoms with Crippen LogP contribution < -0.4 is 10.2 Å². The molecule has 1 aromatic heterocycles. The lowest BCUT2D eigenvalue weighted by molar-refractivity contribution is -0.130. The number of nitrogens with zero attached hydrogens (tertiary/aromatic N) is 4. The molecule has 2 aromatic rings. The molecule has 0 radical (unpaired) electrons. The van der Waals surface area contributed by atoms with Gasteiger partial charge in [-0.3, -0.25) is 4.79 Å². The van der Waals surface area contributed by atoms with Crippen molar-refractivity contribution in [3.63, 3.8) is 0 Å². The summed E-state index contributed by atoms with van der Waals surface area (Å²) in [5.41, 5.74) is 1.04. The molecular formula is C17H20BrN5O. The van der Waals surface area contributed by atoms with E-state index >= 15 is 0 Å². The topological polar surface area (TPSA) is 61.4 Å². The second-order valence-electron chi connectivity index (χ2n) is 5.68. The molecule has 1 aliphatic rings. The van der Waals surface area contributed by atoms with Crippen LogP contribution in [0, 0.1) is 0 Å². The van der Waals surface area contributed by atoms with Crippen LogP contribution in [0.15, 0.2) is 41.1 Å². The molecule has 1 saturated heterocycles. The van der Waals surface area contributed by atoms with E-state index in [1.165, 1.54) is 0 Å². The molecule has 2 heterocycles. The molecule has 1 aromatic carbocycles. The third kappa shape index (κ3) is 4.03. The average molecular weight is 390 g/mol. The molecule has 0 unspecified atom stereocenters. The minimum absolute atomic E-state index is 0.176.